The third-order valence-electron chi connectivity index (χ3n) is 5.25. The molecule has 2 aliphatic heterocycles. The van der Waals surface area contributed by atoms with Gasteiger partial charge < -0.3 is 20.3 Å². The van der Waals surface area contributed by atoms with Gasteiger partial charge in [0.25, 0.3) is 5.91 Å². The number of ether oxygens (including phenoxy) is 1. The van der Waals surface area contributed by atoms with Crippen molar-refractivity contribution in [3.05, 3.63) is 65.4 Å². The van der Waals surface area contributed by atoms with Crippen molar-refractivity contribution in [1.82, 2.24) is 10.2 Å². The quantitative estimate of drug-likeness (QED) is 0.573. The van der Waals surface area contributed by atoms with Gasteiger partial charge in [0.05, 0.1) is 13.2 Å². The normalized spacial score (nSPS) is 17.8. The molecule has 0 aliphatic carbocycles. The van der Waals surface area contributed by atoms with Gasteiger partial charge in [0.15, 0.2) is 0 Å². The van der Waals surface area contributed by atoms with Crippen LogP contribution in [-0.4, -0.2) is 55.6 Å². The third-order valence-corrected chi connectivity index (χ3v) is 5.25. The van der Waals surface area contributed by atoms with E-state index in [1.54, 1.807) is 30.3 Å². The summed E-state index contributed by atoms with van der Waals surface area (Å²) in [5.74, 6) is -0.966. The van der Waals surface area contributed by atoms with E-state index in [1.165, 1.54) is 0 Å². The summed E-state index contributed by atoms with van der Waals surface area (Å²) in [4.78, 5) is 40.4. The summed E-state index contributed by atoms with van der Waals surface area (Å²) in [5.41, 5.74) is 3.67. The molecule has 4 rings (SSSR count). The molecular formula is C23H24N4O4. The number of rotatable bonds is 5. The molecule has 31 heavy (non-hydrogen) atoms. The second-order valence-electron chi connectivity index (χ2n) is 7.43. The van der Waals surface area contributed by atoms with Gasteiger partial charge in [-0.1, -0.05) is 24.3 Å². The highest BCUT2D eigenvalue weighted by atomic mass is 16.5. The molecule has 2 heterocycles. The molecular weight excluding hydrogens is 396 g/mol. The Balaban J connectivity index is 1.44. The largest absolute Gasteiger partial charge is 0.378 e. The molecule has 4 amide bonds. The van der Waals surface area contributed by atoms with E-state index in [0.29, 0.717) is 18.9 Å². The first kappa shape index (κ1) is 20.6. The third kappa shape index (κ3) is 4.75. The zero-order valence-electron chi connectivity index (χ0n) is 17.3. The fourth-order valence-corrected chi connectivity index (χ4v) is 3.58. The van der Waals surface area contributed by atoms with E-state index in [9.17, 15) is 14.4 Å². The van der Waals surface area contributed by atoms with E-state index >= 15 is 0 Å². The first-order chi connectivity index (χ1) is 15.0. The van der Waals surface area contributed by atoms with Gasteiger partial charge in [-0.3, -0.25) is 9.59 Å². The Morgan fingerprint density at radius 3 is 2.58 bits per heavy atom. The van der Waals surface area contributed by atoms with Crippen molar-refractivity contribution < 1.29 is 19.1 Å². The number of hydrogen-bond acceptors (Lipinski definition) is 5. The Morgan fingerprint density at radius 1 is 1.13 bits per heavy atom. The SMILES string of the molecule is Cc1cc(N2CCOCC2)ccc1/C=C1\NC(=O)N(CC(=O)Nc2ccccc2)C1=O. The van der Waals surface area contributed by atoms with Crippen LogP contribution in [0.5, 0.6) is 0 Å². The van der Waals surface area contributed by atoms with Crippen molar-refractivity contribution in [3.8, 4) is 0 Å². The summed E-state index contributed by atoms with van der Waals surface area (Å²) in [6, 6.07) is 14.3. The van der Waals surface area contributed by atoms with Crippen molar-refractivity contribution in [1.29, 1.82) is 0 Å². The van der Waals surface area contributed by atoms with Gasteiger partial charge >= 0.3 is 6.03 Å². The van der Waals surface area contributed by atoms with Gasteiger partial charge in [0.1, 0.15) is 12.2 Å². The predicted octanol–water partition coefficient (Wildman–Crippen LogP) is 2.36. The molecule has 0 bridgehead atoms. The highest BCUT2D eigenvalue weighted by molar-refractivity contribution is 6.16. The molecule has 2 aromatic rings. The first-order valence-electron chi connectivity index (χ1n) is 10.1. The maximum atomic E-state index is 12.7. The number of carbonyl (C=O) groups excluding carboxylic acids is 3. The zero-order chi connectivity index (χ0) is 21.8. The van der Waals surface area contributed by atoms with Crippen molar-refractivity contribution >= 4 is 35.3 Å². The van der Waals surface area contributed by atoms with Crippen molar-refractivity contribution in [3.63, 3.8) is 0 Å². The van der Waals surface area contributed by atoms with Crippen LogP contribution in [0.25, 0.3) is 6.08 Å². The van der Waals surface area contributed by atoms with E-state index < -0.39 is 17.8 Å². The molecule has 0 unspecified atom stereocenters. The summed E-state index contributed by atoms with van der Waals surface area (Å²) in [6.07, 6.45) is 1.65. The fraction of sp³-hybridized carbons (Fsp3) is 0.261. The van der Waals surface area contributed by atoms with E-state index in [-0.39, 0.29) is 12.2 Å². The van der Waals surface area contributed by atoms with Gasteiger partial charge in [0, 0.05) is 24.5 Å². The van der Waals surface area contributed by atoms with Crippen LogP contribution in [0.15, 0.2) is 54.2 Å². The topological polar surface area (TPSA) is 91.0 Å². The molecule has 8 heteroatoms. The number of morpholine rings is 1. The Morgan fingerprint density at radius 2 is 1.87 bits per heavy atom. The smallest absolute Gasteiger partial charge is 0.329 e. The number of amides is 4. The number of carbonyl (C=O) groups is 3. The van der Waals surface area contributed by atoms with Crippen LogP contribution < -0.4 is 15.5 Å². The van der Waals surface area contributed by atoms with Crippen LogP contribution >= 0.6 is 0 Å². The number of aryl methyl sites for hydroxylation is 1. The minimum Gasteiger partial charge on any atom is -0.378 e. The summed E-state index contributed by atoms with van der Waals surface area (Å²) >= 11 is 0. The lowest BCUT2D eigenvalue weighted by Crippen LogP contribution is -2.38. The highest BCUT2D eigenvalue weighted by Gasteiger charge is 2.35. The first-order valence-corrected chi connectivity index (χ1v) is 10.1. The Hall–Kier alpha value is -3.65. The number of imide groups is 1. The van der Waals surface area contributed by atoms with E-state index in [0.717, 1.165) is 34.8 Å². The highest BCUT2D eigenvalue weighted by Crippen LogP contribution is 2.23. The minimum atomic E-state index is -0.609. The Kier molecular flexibility index (Phi) is 5.99. The van der Waals surface area contributed by atoms with Gasteiger partial charge in [-0.2, -0.15) is 0 Å². The van der Waals surface area contributed by atoms with E-state index in [1.807, 2.05) is 25.1 Å². The van der Waals surface area contributed by atoms with Crippen LogP contribution in [0, 0.1) is 6.92 Å². The molecule has 2 N–H and O–H groups in total. The molecule has 2 aromatic carbocycles. The molecule has 0 radical (unpaired) electrons. The fourth-order valence-electron chi connectivity index (χ4n) is 3.58. The minimum absolute atomic E-state index is 0.153. The summed E-state index contributed by atoms with van der Waals surface area (Å²) in [6.45, 7) is 4.70. The van der Waals surface area contributed by atoms with Crippen LogP contribution in [0.3, 0.4) is 0 Å². The molecule has 0 saturated carbocycles. The number of urea groups is 1. The lowest BCUT2D eigenvalue weighted by atomic mass is 10.1. The van der Waals surface area contributed by atoms with Crippen LogP contribution in [-0.2, 0) is 14.3 Å². The van der Waals surface area contributed by atoms with Gasteiger partial charge in [-0.05, 0) is 48.4 Å². The predicted molar refractivity (Wildman–Crippen MR) is 118 cm³/mol. The molecule has 2 saturated heterocycles. The van der Waals surface area contributed by atoms with Crippen LogP contribution in [0.2, 0.25) is 0 Å². The molecule has 2 fully saturated rings. The number of hydrogen-bond donors (Lipinski definition) is 2. The summed E-state index contributed by atoms with van der Waals surface area (Å²) < 4.78 is 5.39. The van der Waals surface area contributed by atoms with Crippen LogP contribution in [0.1, 0.15) is 11.1 Å². The molecule has 8 nitrogen and oxygen atoms in total. The molecule has 0 spiro atoms. The standard InChI is InChI=1S/C23H24N4O4/c1-16-13-19(26-9-11-31-12-10-26)8-7-17(16)14-20-22(29)27(23(30)25-20)15-21(28)24-18-5-3-2-4-6-18/h2-8,13-14H,9-12,15H2,1H3,(H,24,28)(H,25,30)/b20-14-. The second-order valence-corrected chi connectivity index (χ2v) is 7.43. The lowest BCUT2D eigenvalue weighted by Gasteiger charge is -2.29. The van der Waals surface area contributed by atoms with Crippen molar-refractivity contribution in [2.75, 3.05) is 43.1 Å². The Bertz CT molecular complexity index is 1030. The monoisotopic (exact) mass is 420 g/mol. The molecule has 2 aliphatic rings. The van der Waals surface area contributed by atoms with Gasteiger partial charge in [-0.25, -0.2) is 9.69 Å². The molecule has 160 valence electrons. The van der Waals surface area contributed by atoms with Crippen molar-refractivity contribution in [2.45, 2.75) is 6.92 Å². The van der Waals surface area contributed by atoms with E-state index in [4.69, 9.17) is 4.74 Å². The number of para-hydroxylation sites is 1. The zero-order valence-corrected chi connectivity index (χ0v) is 17.3. The maximum absolute atomic E-state index is 12.7. The number of nitrogens with zero attached hydrogens (tertiary/aromatic N) is 2. The summed E-state index contributed by atoms with van der Waals surface area (Å²) in [5, 5.41) is 5.24. The second kappa shape index (κ2) is 9.01. The number of anilines is 2. The van der Waals surface area contributed by atoms with Crippen molar-refractivity contribution in [2.24, 2.45) is 0 Å². The van der Waals surface area contributed by atoms with Gasteiger partial charge in [0.2, 0.25) is 5.91 Å². The Labute approximate surface area is 180 Å². The number of benzene rings is 2. The maximum Gasteiger partial charge on any atom is 0.329 e. The average Bonchev–Trinajstić information content (AvgIpc) is 3.03. The van der Waals surface area contributed by atoms with E-state index in [2.05, 4.69) is 21.6 Å². The molecule has 0 aromatic heterocycles. The van der Waals surface area contributed by atoms with Crippen LogP contribution in [0.4, 0.5) is 16.2 Å². The average molecular weight is 420 g/mol. The lowest BCUT2D eigenvalue weighted by molar-refractivity contribution is -0.127. The molecule has 0 atom stereocenters. The number of nitrogens with one attached hydrogen (secondary N) is 2. The summed E-state index contributed by atoms with van der Waals surface area (Å²) in [7, 11) is 0. The van der Waals surface area contributed by atoms with Gasteiger partial charge in [-0.15, -0.1) is 0 Å².